The quantitative estimate of drug-likeness (QED) is 0.0891. The first-order chi connectivity index (χ1) is 48.2. The summed E-state index contributed by atoms with van der Waals surface area (Å²) in [5.41, 5.74) is 23.7. The summed E-state index contributed by atoms with van der Waals surface area (Å²) in [6, 6.07) is 91.5. The van der Waals surface area contributed by atoms with E-state index in [9.17, 15) is 0 Å². The summed E-state index contributed by atoms with van der Waals surface area (Å²) in [7, 11) is 4.15. The van der Waals surface area contributed by atoms with E-state index in [-0.39, 0.29) is 98.1 Å². The van der Waals surface area contributed by atoms with Crippen LogP contribution >= 0.6 is 0 Å². The summed E-state index contributed by atoms with van der Waals surface area (Å²) in [6.45, 7) is 44.6. The van der Waals surface area contributed by atoms with Crippen molar-refractivity contribution in [3.05, 3.63) is 323 Å². The number of aromatic nitrogens is 2. The molecule has 0 aliphatic heterocycles. The average Bonchev–Trinajstić information content (AvgIpc) is 1.75. The topological polar surface area (TPSA) is 7.76 Å². The zero-order chi connectivity index (χ0) is 72.4. The molecule has 2 aliphatic rings. The Bertz CT molecular complexity index is 4670. The summed E-state index contributed by atoms with van der Waals surface area (Å²) in [4.78, 5) is 0. The van der Waals surface area contributed by atoms with Gasteiger partial charge in [0.1, 0.15) is 19.8 Å². The van der Waals surface area contributed by atoms with Crippen LogP contribution in [-0.2, 0) is 112 Å². The van der Waals surface area contributed by atoms with Crippen LogP contribution in [0.15, 0.2) is 231 Å². The molecular weight excluding hydrogens is 1450 g/mol. The van der Waals surface area contributed by atoms with Crippen molar-refractivity contribution in [2.24, 2.45) is 14.1 Å². The molecule has 0 spiro atoms. The summed E-state index contributed by atoms with van der Waals surface area (Å²) in [5, 5.41) is 9.99. The second-order valence-corrected chi connectivity index (χ2v) is 21.0. The maximum Gasteiger partial charge on any atom is 0.171 e. The van der Waals surface area contributed by atoms with Crippen molar-refractivity contribution in [1.29, 1.82) is 0 Å². The zero-order valence-corrected chi connectivity index (χ0v) is 74.1. The molecule has 0 saturated heterocycles. The minimum Gasteiger partial charge on any atom is -0.234 e. The van der Waals surface area contributed by atoms with Crippen LogP contribution < -0.4 is 9.13 Å². The van der Waals surface area contributed by atoms with Crippen molar-refractivity contribution in [1.82, 2.24) is 0 Å². The third-order valence-corrected chi connectivity index (χ3v) is 15.9. The van der Waals surface area contributed by atoms with E-state index in [1.54, 1.807) is 0 Å². The summed E-state index contributed by atoms with van der Waals surface area (Å²) < 4.78 is 4.29. The van der Waals surface area contributed by atoms with Gasteiger partial charge < -0.3 is 0 Å². The van der Waals surface area contributed by atoms with Gasteiger partial charge >= 0.3 is 0 Å². The van der Waals surface area contributed by atoms with E-state index < -0.39 is 0 Å². The molecule has 517 valence electrons. The molecular formula is C96H110N2Y3-4. The first kappa shape index (κ1) is 92.6. The van der Waals surface area contributed by atoms with E-state index in [2.05, 4.69) is 306 Å². The van der Waals surface area contributed by atoms with Crippen LogP contribution in [0.5, 0.6) is 0 Å². The van der Waals surface area contributed by atoms with Crippen molar-refractivity contribution in [3.63, 3.8) is 0 Å². The minimum absolute atomic E-state index is 0. The molecule has 0 atom stereocenters. The van der Waals surface area contributed by atoms with Crippen LogP contribution in [0.1, 0.15) is 180 Å². The van der Waals surface area contributed by atoms with Crippen molar-refractivity contribution in [3.8, 4) is 44.8 Å². The molecule has 13 aromatic rings. The van der Waals surface area contributed by atoms with Gasteiger partial charge in [0.25, 0.3) is 0 Å². The number of pyridine rings is 2. The fourth-order valence-electron chi connectivity index (χ4n) is 11.7. The second-order valence-electron chi connectivity index (χ2n) is 21.0. The Morgan fingerprint density at radius 2 is 0.703 bits per heavy atom. The third-order valence-electron chi connectivity index (χ3n) is 15.9. The van der Waals surface area contributed by atoms with Gasteiger partial charge in [-0.25, -0.2) is 14.7 Å². The molecule has 2 heterocycles. The van der Waals surface area contributed by atoms with Gasteiger partial charge in [-0.2, -0.15) is 88.0 Å². The largest absolute Gasteiger partial charge is 0.234 e. The molecule has 0 N–H and O–H groups in total. The fraction of sp³-hybridized carbons (Fsp3) is 0.250. The Morgan fingerprint density at radius 3 is 1.22 bits per heavy atom. The Balaban J connectivity index is 0.000000671. The molecule has 0 fully saturated rings. The Labute approximate surface area is 688 Å². The van der Waals surface area contributed by atoms with Crippen molar-refractivity contribution < 1.29 is 107 Å². The van der Waals surface area contributed by atoms with Gasteiger partial charge in [0.05, 0.1) is 0 Å². The van der Waals surface area contributed by atoms with E-state index in [1.165, 1.54) is 105 Å². The van der Waals surface area contributed by atoms with Crippen LogP contribution in [0.4, 0.5) is 0 Å². The number of rotatable bonds is 6. The standard InChI is InChI=1S/C27H20N.C26H18.C25H18N.9C2H6.3Y/c1-19-14-15-21(17-25(19)27-13-7-8-16-28(27)2)26-18-20-9-3-4-10-22(20)23-11-5-6-12-24(23)26;1-17-7-3-4-11-22(17)24-15-20(14-13-18(24)2)25-16-21-10-5-8-19-9-6-12-23(25)26(19)21;1-17-15-19(12-13-21(17)24-11-3-4-14-26(24)2)23-16-20-9-5-7-18-8-6-10-22(23)25(18)20;9*1-2;;;/h3-16H,1-2H3;3-14H,1-2H3;3-11,13-15H,1-2H3;9*1-2H3;;;/q-1;-2;-1;;;;;;;;;;;;. The molecule has 0 bridgehead atoms. The predicted molar refractivity (Wildman–Crippen MR) is 432 cm³/mol. The number of hydrogen-bond acceptors (Lipinski definition) is 0. The van der Waals surface area contributed by atoms with E-state index in [1.807, 2.05) is 137 Å². The van der Waals surface area contributed by atoms with Gasteiger partial charge in [-0.3, -0.25) is 0 Å². The number of aryl methyl sites for hydroxylation is 6. The Kier molecular flexibility index (Phi) is 45.1. The maximum absolute atomic E-state index is 3.69. The van der Waals surface area contributed by atoms with Crippen LogP contribution in [-0.4, -0.2) is 0 Å². The van der Waals surface area contributed by atoms with Crippen LogP contribution in [0.25, 0.3) is 99.0 Å². The Morgan fingerprint density at radius 1 is 0.287 bits per heavy atom. The molecule has 0 amide bonds. The number of fused-ring (bicyclic) bond motifs is 3. The van der Waals surface area contributed by atoms with E-state index in [0.717, 1.165) is 50.0 Å². The third kappa shape index (κ3) is 22.3. The summed E-state index contributed by atoms with van der Waals surface area (Å²) in [6.07, 6.45) is 11.4. The minimum atomic E-state index is 0. The SMILES string of the molecule is CC.CC.CC.CC.CC.CC.CC.CC.CC.Cc1cc(C2=[C-]c3cccc4cccc2c34)[c-]cc1-c1cccc[n+]1C.Cc1ccc(-c2[c-]c3ccccc3c3ccccc23)[c-]c1-c1cccc[n+]1C.Cc1ccc(C2=[C-]c3cccc4cccc2c34)[c-]c1-c1ccccc1C.[Y].[Y].[Y]. The monoisotopic (exact) mass is 1560 g/mol. The van der Waals surface area contributed by atoms with Crippen LogP contribution in [0.2, 0.25) is 0 Å². The van der Waals surface area contributed by atoms with Crippen LogP contribution in [0, 0.1) is 64.1 Å². The van der Waals surface area contributed by atoms with Gasteiger partial charge in [0, 0.05) is 116 Å². The van der Waals surface area contributed by atoms with Gasteiger partial charge in [-0.15, -0.1) is 109 Å². The van der Waals surface area contributed by atoms with Crippen LogP contribution in [0.3, 0.4) is 0 Å². The second kappa shape index (κ2) is 49.3. The van der Waals surface area contributed by atoms with Gasteiger partial charge in [0.2, 0.25) is 0 Å². The van der Waals surface area contributed by atoms with E-state index in [0.29, 0.717) is 0 Å². The summed E-state index contributed by atoms with van der Waals surface area (Å²) in [5.74, 6) is 0. The maximum atomic E-state index is 3.69. The first-order valence-corrected chi connectivity index (χ1v) is 36.4. The van der Waals surface area contributed by atoms with Crippen molar-refractivity contribution in [2.75, 3.05) is 0 Å². The zero-order valence-electron chi connectivity index (χ0n) is 65.6. The van der Waals surface area contributed by atoms with Gasteiger partial charge in [0.15, 0.2) is 18.1 Å². The first-order valence-electron chi connectivity index (χ1n) is 36.4. The van der Waals surface area contributed by atoms with Gasteiger partial charge in [-0.1, -0.05) is 311 Å². The van der Waals surface area contributed by atoms with Crippen molar-refractivity contribution >= 4 is 54.2 Å². The predicted octanol–water partition coefficient (Wildman–Crippen LogP) is 26.8. The van der Waals surface area contributed by atoms with E-state index in [4.69, 9.17) is 0 Å². The fourth-order valence-corrected chi connectivity index (χ4v) is 11.7. The number of hydrogen-bond donors (Lipinski definition) is 0. The molecule has 11 aromatic carbocycles. The smallest absolute Gasteiger partial charge is 0.171 e. The molecule has 0 unspecified atom stereocenters. The molecule has 2 aromatic heterocycles. The average molecular weight is 1560 g/mol. The normalized spacial score (nSPS) is 10.1. The number of nitrogens with zero attached hydrogens (tertiary/aromatic N) is 2. The molecule has 101 heavy (non-hydrogen) atoms. The summed E-state index contributed by atoms with van der Waals surface area (Å²) >= 11 is 0. The molecule has 0 saturated carbocycles. The van der Waals surface area contributed by atoms with Gasteiger partial charge in [-0.05, 0) is 18.6 Å². The molecule has 2 nitrogen and oxygen atoms in total. The van der Waals surface area contributed by atoms with E-state index >= 15 is 0 Å². The molecule has 3 radical (unpaired) electrons. The Hall–Kier alpha value is -6.45. The molecule has 15 rings (SSSR count). The van der Waals surface area contributed by atoms with Crippen molar-refractivity contribution in [2.45, 2.75) is 152 Å². The number of benzene rings is 11. The molecule has 5 heteroatoms. The molecule has 2 aliphatic carbocycles.